The molecule has 3 fully saturated rings. The number of piperidine rings is 1. The highest BCUT2D eigenvalue weighted by molar-refractivity contribution is 5.87. The zero-order valence-corrected chi connectivity index (χ0v) is 16.4. The third kappa shape index (κ3) is 3.68. The Morgan fingerprint density at radius 2 is 1.70 bits per heavy atom. The molecule has 0 aliphatic carbocycles. The maximum absolute atomic E-state index is 11.8. The van der Waals surface area contributed by atoms with Crippen molar-refractivity contribution in [2.24, 2.45) is 5.41 Å². The average Bonchev–Trinajstić information content (AvgIpc) is 2.71. The number of aromatic nitrogens is 1. The van der Waals surface area contributed by atoms with E-state index in [1.165, 1.54) is 6.08 Å². The van der Waals surface area contributed by atoms with Crippen molar-refractivity contribution in [1.82, 2.24) is 14.8 Å². The van der Waals surface area contributed by atoms with Crippen LogP contribution < -0.4 is 9.80 Å². The van der Waals surface area contributed by atoms with Gasteiger partial charge in [-0.15, -0.1) is 0 Å². The molecule has 1 aromatic rings. The van der Waals surface area contributed by atoms with Crippen LogP contribution in [0, 0.1) is 5.41 Å². The second-order valence-corrected chi connectivity index (χ2v) is 8.16. The molecule has 1 spiro atoms. The van der Waals surface area contributed by atoms with E-state index in [2.05, 4.69) is 46.4 Å². The lowest BCUT2D eigenvalue weighted by Gasteiger charge is -2.54. The fourth-order valence-electron chi connectivity index (χ4n) is 4.63. The second-order valence-electron chi connectivity index (χ2n) is 8.16. The van der Waals surface area contributed by atoms with Crippen LogP contribution in [0.25, 0.3) is 0 Å². The van der Waals surface area contributed by atoms with Gasteiger partial charge in [-0.3, -0.25) is 4.79 Å². The van der Waals surface area contributed by atoms with E-state index in [4.69, 9.17) is 4.98 Å². The molecule has 146 valence electrons. The Bertz CT molecular complexity index is 682. The van der Waals surface area contributed by atoms with Crippen molar-refractivity contribution in [3.63, 3.8) is 0 Å². The Morgan fingerprint density at radius 3 is 2.30 bits per heavy atom. The Hall–Kier alpha value is -2.08. The van der Waals surface area contributed by atoms with Gasteiger partial charge in [0, 0.05) is 57.8 Å². The summed E-state index contributed by atoms with van der Waals surface area (Å²) in [5, 5.41) is 0. The molecule has 4 heterocycles. The van der Waals surface area contributed by atoms with Crippen LogP contribution in [0.15, 0.2) is 30.9 Å². The first-order valence-corrected chi connectivity index (χ1v) is 10.2. The highest BCUT2D eigenvalue weighted by Gasteiger charge is 2.45. The predicted molar refractivity (Wildman–Crippen MR) is 109 cm³/mol. The SMILES string of the molecule is C=CC(=O)N1CCC2(CC1)CN(c1cccc(N3CCN(CC)CC3)n1)C2. The maximum atomic E-state index is 11.8. The van der Waals surface area contributed by atoms with Crippen LogP contribution in [-0.4, -0.2) is 79.6 Å². The predicted octanol–water partition coefficient (Wildman–Crippen LogP) is 1.84. The Morgan fingerprint density at radius 1 is 1.07 bits per heavy atom. The van der Waals surface area contributed by atoms with Crippen molar-refractivity contribution < 1.29 is 4.79 Å². The van der Waals surface area contributed by atoms with E-state index in [1.54, 1.807) is 0 Å². The molecule has 0 atom stereocenters. The first kappa shape index (κ1) is 18.3. The number of hydrogen-bond donors (Lipinski definition) is 0. The van der Waals surface area contributed by atoms with Gasteiger partial charge in [0.2, 0.25) is 5.91 Å². The van der Waals surface area contributed by atoms with Crippen LogP contribution in [0.3, 0.4) is 0 Å². The molecule has 1 aromatic heterocycles. The standard InChI is InChI=1S/C21H31N5O/c1-3-20(27)25-10-8-21(9-11-25)16-26(17-21)19-7-5-6-18(22-19)24-14-12-23(4-2)13-15-24/h3,5-7H,1,4,8-17H2,2H3. The number of pyridine rings is 1. The van der Waals surface area contributed by atoms with Crippen LogP contribution in [0.2, 0.25) is 0 Å². The van der Waals surface area contributed by atoms with Gasteiger partial charge in [-0.05, 0) is 37.6 Å². The quantitative estimate of drug-likeness (QED) is 0.758. The number of nitrogens with zero attached hydrogens (tertiary/aromatic N) is 5. The minimum atomic E-state index is 0.0681. The first-order valence-electron chi connectivity index (χ1n) is 10.2. The number of likely N-dealkylation sites (N-methyl/N-ethyl adjacent to an activating group) is 1. The number of piperazine rings is 1. The second kappa shape index (κ2) is 7.50. The Labute approximate surface area is 162 Å². The van der Waals surface area contributed by atoms with Gasteiger partial charge in [0.15, 0.2) is 0 Å². The van der Waals surface area contributed by atoms with Gasteiger partial charge in [-0.25, -0.2) is 4.98 Å². The van der Waals surface area contributed by atoms with Crippen LogP contribution in [-0.2, 0) is 4.79 Å². The Kier molecular flexibility index (Phi) is 5.08. The number of carbonyl (C=O) groups is 1. The molecule has 0 saturated carbocycles. The normalized spacial score (nSPS) is 22.6. The van der Waals surface area contributed by atoms with E-state index >= 15 is 0 Å². The van der Waals surface area contributed by atoms with Crippen molar-refractivity contribution in [1.29, 1.82) is 0 Å². The molecule has 0 N–H and O–H groups in total. The molecule has 3 aliphatic rings. The number of carbonyl (C=O) groups excluding carboxylic acids is 1. The van der Waals surface area contributed by atoms with Crippen LogP contribution in [0.1, 0.15) is 19.8 Å². The van der Waals surface area contributed by atoms with Gasteiger partial charge in [0.05, 0.1) is 0 Å². The third-order valence-electron chi connectivity index (χ3n) is 6.55. The highest BCUT2D eigenvalue weighted by Crippen LogP contribution is 2.42. The fourth-order valence-corrected chi connectivity index (χ4v) is 4.63. The van der Waals surface area contributed by atoms with Crippen molar-refractivity contribution in [3.05, 3.63) is 30.9 Å². The summed E-state index contributed by atoms with van der Waals surface area (Å²) in [7, 11) is 0. The fraction of sp³-hybridized carbons (Fsp3) is 0.619. The van der Waals surface area contributed by atoms with E-state index in [0.29, 0.717) is 5.41 Å². The largest absolute Gasteiger partial charge is 0.355 e. The molecule has 0 unspecified atom stereocenters. The minimum absolute atomic E-state index is 0.0681. The van der Waals surface area contributed by atoms with Gasteiger partial charge in [-0.1, -0.05) is 19.6 Å². The van der Waals surface area contributed by atoms with Gasteiger partial charge in [0.25, 0.3) is 0 Å². The minimum Gasteiger partial charge on any atom is -0.355 e. The molecular formula is C21H31N5O. The summed E-state index contributed by atoms with van der Waals surface area (Å²) in [6.07, 6.45) is 3.60. The van der Waals surface area contributed by atoms with Crippen molar-refractivity contribution in [2.75, 3.05) is 68.7 Å². The van der Waals surface area contributed by atoms with E-state index < -0.39 is 0 Å². The van der Waals surface area contributed by atoms with Gasteiger partial charge >= 0.3 is 0 Å². The summed E-state index contributed by atoms with van der Waals surface area (Å²) >= 11 is 0. The molecule has 4 rings (SSSR count). The Balaban J connectivity index is 1.34. The molecule has 27 heavy (non-hydrogen) atoms. The average molecular weight is 370 g/mol. The first-order chi connectivity index (χ1) is 13.1. The molecule has 3 aliphatic heterocycles. The molecular weight excluding hydrogens is 338 g/mol. The number of hydrogen-bond acceptors (Lipinski definition) is 5. The number of anilines is 2. The third-order valence-corrected chi connectivity index (χ3v) is 6.55. The van der Waals surface area contributed by atoms with Gasteiger partial charge in [0.1, 0.15) is 11.6 Å². The van der Waals surface area contributed by atoms with Crippen molar-refractivity contribution in [3.8, 4) is 0 Å². The van der Waals surface area contributed by atoms with E-state index in [1.807, 2.05) is 4.90 Å². The summed E-state index contributed by atoms with van der Waals surface area (Å²) < 4.78 is 0. The summed E-state index contributed by atoms with van der Waals surface area (Å²) in [6, 6.07) is 6.41. The van der Waals surface area contributed by atoms with Crippen LogP contribution >= 0.6 is 0 Å². The number of likely N-dealkylation sites (tertiary alicyclic amines) is 1. The monoisotopic (exact) mass is 369 g/mol. The molecule has 0 bridgehead atoms. The summed E-state index contributed by atoms with van der Waals surface area (Å²) in [5.74, 6) is 2.27. The lowest BCUT2D eigenvalue weighted by molar-refractivity contribution is -0.128. The molecule has 0 aromatic carbocycles. The number of rotatable bonds is 4. The molecule has 6 nitrogen and oxygen atoms in total. The topological polar surface area (TPSA) is 42.9 Å². The molecule has 3 saturated heterocycles. The smallest absolute Gasteiger partial charge is 0.245 e. The number of amides is 1. The van der Waals surface area contributed by atoms with E-state index in [9.17, 15) is 4.79 Å². The van der Waals surface area contributed by atoms with E-state index in [0.717, 1.165) is 83.4 Å². The highest BCUT2D eigenvalue weighted by atomic mass is 16.2. The van der Waals surface area contributed by atoms with Gasteiger partial charge in [-0.2, -0.15) is 0 Å². The molecule has 6 heteroatoms. The van der Waals surface area contributed by atoms with Gasteiger partial charge < -0.3 is 19.6 Å². The van der Waals surface area contributed by atoms with Crippen molar-refractivity contribution >= 4 is 17.5 Å². The zero-order chi connectivity index (χ0) is 18.9. The maximum Gasteiger partial charge on any atom is 0.245 e. The summed E-state index contributed by atoms with van der Waals surface area (Å²) in [6.45, 7) is 15.1. The van der Waals surface area contributed by atoms with Crippen LogP contribution in [0.4, 0.5) is 11.6 Å². The lowest BCUT2D eigenvalue weighted by atomic mass is 9.72. The van der Waals surface area contributed by atoms with Crippen LogP contribution in [0.5, 0.6) is 0 Å². The molecule has 0 radical (unpaired) electrons. The van der Waals surface area contributed by atoms with Crippen molar-refractivity contribution in [2.45, 2.75) is 19.8 Å². The van der Waals surface area contributed by atoms with E-state index in [-0.39, 0.29) is 5.91 Å². The zero-order valence-electron chi connectivity index (χ0n) is 16.4. The lowest BCUT2D eigenvalue weighted by Crippen LogP contribution is -2.61. The summed E-state index contributed by atoms with van der Waals surface area (Å²) in [4.78, 5) is 26.0. The molecule has 1 amide bonds. The summed E-state index contributed by atoms with van der Waals surface area (Å²) in [5.41, 5.74) is 0.363.